The molecule has 1 aliphatic rings. The number of benzene rings is 2. The van der Waals surface area contributed by atoms with Crippen molar-refractivity contribution in [2.24, 2.45) is 0 Å². The van der Waals surface area contributed by atoms with Crippen molar-refractivity contribution in [3.63, 3.8) is 0 Å². The van der Waals surface area contributed by atoms with Crippen molar-refractivity contribution in [3.05, 3.63) is 63.7 Å². The van der Waals surface area contributed by atoms with Gasteiger partial charge in [0.05, 0.1) is 34.9 Å². The number of morpholine rings is 1. The van der Waals surface area contributed by atoms with Crippen molar-refractivity contribution in [1.82, 2.24) is 4.90 Å². The van der Waals surface area contributed by atoms with Crippen LogP contribution in [0.25, 0.3) is 0 Å². The first-order valence-corrected chi connectivity index (χ1v) is 9.75. The Kier molecular flexibility index (Phi) is 7.04. The number of amides is 1. The van der Waals surface area contributed by atoms with Gasteiger partial charge in [0.15, 0.2) is 11.6 Å². The molecule has 5 nitrogen and oxygen atoms in total. The van der Waals surface area contributed by atoms with Crippen molar-refractivity contribution in [3.8, 4) is 5.75 Å². The average molecular weight is 478 g/mol. The summed E-state index contributed by atoms with van der Waals surface area (Å²) in [5.41, 5.74) is -2.02. The SMILES string of the molecule is CC(=O)c1cc(F)ccc1OCC1CN(C(=O)c2cc(C(F)(F)F)cc(Cl)c2F)CCO1. The summed E-state index contributed by atoms with van der Waals surface area (Å²) < 4.78 is 77.8. The number of ether oxygens (including phenoxy) is 2. The Balaban J connectivity index is 1.74. The van der Waals surface area contributed by atoms with Crippen LogP contribution in [-0.2, 0) is 10.9 Å². The zero-order valence-corrected chi connectivity index (χ0v) is 17.4. The van der Waals surface area contributed by atoms with E-state index < -0.39 is 51.8 Å². The molecule has 0 saturated carbocycles. The lowest BCUT2D eigenvalue weighted by molar-refractivity contribution is -0.137. The second-order valence-corrected chi connectivity index (χ2v) is 7.48. The highest BCUT2D eigenvalue weighted by Crippen LogP contribution is 2.34. The number of carbonyl (C=O) groups excluding carboxylic acids is 2. The Morgan fingerprint density at radius 1 is 1.19 bits per heavy atom. The number of alkyl halides is 3. The van der Waals surface area contributed by atoms with Gasteiger partial charge >= 0.3 is 6.18 Å². The molecule has 32 heavy (non-hydrogen) atoms. The highest BCUT2D eigenvalue weighted by molar-refractivity contribution is 6.31. The van der Waals surface area contributed by atoms with E-state index in [0.717, 1.165) is 17.0 Å². The fourth-order valence-electron chi connectivity index (χ4n) is 3.17. The molecule has 11 heteroatoms. The Hall–Kier alpha value is -2.72. The fraction of sp³-hybridized carbons (Fsp3) is 0.333. The van der Waals surface area contributed by atoms with Crippen molar-refractivity contribution >= 4 is 23.3 Å². The van der Waals surface area contributed by atoms with E-state index in [0.29, 0.717) is 12.1 Å². The van der Waals surface area contributed by atoms with E-state index in [-0.39, 0.29) is 37.6 Å². The maximum atomic E-state index is 14.3. The molecular weight excluding hydrogens is 461 g/mol. The Morgan fingerprint density at radius 2 is 1.91 bits per heavy atom. The third-order valence-corrected chi connectivity index (χ3v) is 5.03. The first kappa shape index (κ1) is 23.9. The summed E-state index contributed by atoms with van der Waals surface area (Å²) in [6.07, 6.45) is -5.53. The summed E-state index contributed by atoms with van der Waals surface area (Å²) in [5.74, 6) is -3.15. The quantitative estimate of drug-likeness (QED) is 0.460. The maximum absolute atomic E-state index is 14.3. The maximum Gasteiger partial charge on any atom is 0.416 e. The molecule has 0 N–H and O–H groups in total. The van der Waals surface area contributed by atoms with Crippen LogP contribution in [0.2, 0.25) is 5.02 Å². The Morgan fingerprint density at radius 3 is 2.56 bits per heavy atom. The van der Waals surface area contributed by atoms with Crippen LogP contribution < -0.4 is 4.74 Å². The molecule has 1 saturated heterocycles. The minimum Gasteiger partial charge on any atom is -0.490 e. The number of ketones is 1. The molecule has 0 aliphatic carbocycles. The standard InChI is InChI=1S/C21H17ClF5NO4/c1-11(29)15-8-13(23)2-3-18(15)32-10-14-9-28(4-5-31-14)20(30)16-6-12(21(25,26)27)7-17(22)19(16)24/h2-3,6-8,14H,4-5,9-10H2,1H3. The van der Waals surface area contributed by atoms with E-state index in [1.165, 1.54) is 13.0 Å². The van der Waals surface area contributed by atoms with Gasteiger partial charge in [0, 0.05) is 6.54 Å². The van der Waals surface area contributed by atoms with Crippen LogP contribution in [0.4, 0.5) is 22.0 Å². The van der Waals surface area contributed by atoms with Gasteiger partial charge in [-0.25, -0.2) is 8.78 Å². The third kappa shape index (κ3) is 5.36. The molecule has 0 radical (unpaired) electrons. The molecule has 172 valence electrons. The minimum atomic E-state index is -4.81. The summed E-state index contributed by atoms with van der Waals surface area (Å²) in [7, 11) is 0. The van der Waals surface area contributed by atoms with Crippen LogP contribution in [0.15, 0.2) is 30.3 Å². The van der Waals surface area contributed by atoms with E-state index in [4.69, 9.17) is 21.1 Å². The lowest BCUT2D eigenvalue weighted by Crippen LogP contribution is -2.48. The highest BCUT2D eigenvalue weighted by Gasteiger charge is 2.35. The van der Waals surface area contributed by atoms with E-state index >= 15 is 0 Å². The molecule has 1 heterocycles. The summed E-state index contributed by atoms with van der Waals surface area (Å²) >= 11 is 5.56. The molecule has 1 aliphatic heterocycles. The largest absolute Gasteiger partial charge is 0.490 e. The van der Waals surface area contributed by atoms with E-state index in [9.17, 15) is 31.5 Å². The van der Waals surface area contributed by atoms with Crippen molar-refractivity contribution in [2.45, 2.75) is 19.2 Å². The predicted molar refractivity (Wildman–Crippen MR) is 104 cm³/mol. The lowest BCUT2D eigenvalue weighted by atomic mass is 10.1. The lowest BCUT2D eigenvalue weighted by Gasteiger charge is -2.33. The molecule has 0 aromatic heterocycles. The second kappa shape index (κ2) is 9.41. The van der Waals surface area contributed by atoms with Crippen LogP contribution in [0.5, 0.6) is 5.75 Å². The third-order valence-electron chi connectivity index (χ3n) is 4.76. The second-order valence-electron chi connectivity index (χ2n) is 7.07. The molecule has 0 spiro atoms. The monoisotopic (exact) mass is 477 g/mol. The van der Waals surface area contributed by atoms with E-state index in [1.807, 2.05) is 0 Å². The molecule has 1 unspecified atom stereocenters. The molecule has 1 amide bonds. The molecular formula is C21H17ClF5NO4. The van der Waals surface area contributed by atoms with Crippen molar-refractivity contribution in [2.75, 3.05) is 26.3 Å². The van der Waals surface area contributed by atoms with Gasteiger partial charge in [0.1, 0.15) is 24.3 Å². The van der Waals surface area contributed by atoms with Gasteiger partial charge in [0.2, 0.25) is 0 Å². The number of halogens is 6. The molecule has 2 aromatic carbocycles. The zero-order chi connectivity index (χ0) is 23.6. The van der Waals surface area contributed by atoms with Crippen LogP contribution in [-0.4, -0.2) is 49.0 Å². The summed E-state index contributed by atoms with van der Waals surface area (Å²) in [6.45, 7) is 1.03. The van der Waals surface area contributed by atoms with Crippen molar-refractivity contribution < 1.29 is 41.0 Å². The van der Waals surface area contributed by atoms with Gasteiger partial charge in [-0.1, -0.05) is 11.6 Å². The highest BCUT2D eigenvalue weighted by atomic mass is 35.5. The summed E-state index contributed by atoms with van der Waals surface area (Å²) in [6, 6.07) is 4.24. The van der Waals surface area contributed by atoms with Crippen molar-refractivity contribution in [1.29, 1.82) is 0 Å². The Bertz CT molecular complexity index is 1040. The molecule has 1 fully saturated rings. The zero-order valence-electron chi connectivity index (χ0n) is 16.6. The van der Waals surface area contributed by atoms with Crippen LogP contribution >= 0.6 is 11.6 Å². The molecule has 0 bridgehead atoms. The molecule has 3 rings (SSSR count). The minimum absolute atomic E-state index is 0.0118. The van der Waals surface area contributed by atoms with Gasteiger partial charge in [-0.3, -0.25) is 9.59 Å². The normalized spacial score (nSPS) is 16.7. The smallest absolute Gasteiger partial charge is 0.416 e. The first-order chi connectivity index (χ1) is 15.0. The van der Waals surface area contributed by atoms with Gasteiger partial charge in [-0.15, -0.1) is 0 Å². The number of carbonyl (C=O) groups is 2. The van der Waals surface area contributed by atoms with Gasteiger partial charge in [-0.2, -0.15) is 13.2 Å². The first-order valence-electron chi connectivity index (χ1n) is 9.37. The Labute approximate surface area is 184 Å². The van der Waals surface area contributed by atoms with Crippen LogP contribution in [0.3, 0.4) is 0 Å². The molecule has 1 atom stereocenters. The van der Waals surface area contributed by atoms with E-state index in [1.54, 1.807) is 0 Å². The fourth-order valence-corrected chi connectivity index (χ4v) is 3.39. The van der Waals surface area contributed by atoms with Gasteiger partial charge in [-0.05, 0) is 37.3 Å². The summed E-state index contributed by atoms with van der Waals surface area (Å²) in [4.78, 5) is 25.5. The van der Waals surface area contributed by atoms with Crippen LogP contribution in [0, 0.1) is 11.6 Å². The number of hydrogen-bond acceptors (Lipinski definition) is 4. The number of rotatable bonds is 5. The topological polar surface area (TPSA) is 55.8 Å². The number of hydrogen-bond donors (Lipinski definition) is 0. The summed E-state index contributed by atoms with van der Waals surface area (Å²) in [5, 5.41) is -0.815. The van der Waals surface area contributed by atoms with E-state index in [2.05, 4.69) is 0 Å². The predicted octanol–water partition coefficient (Wildman–Crippen LogP) is 4.76. The van der Waals surface area contributed by atoms with Gasteiger partial charge in [0.25, 0.3) is 5.91 Å². The molecule has 2 aromatic rings. The number of Topliss-reactive ketones (excluding diaryl/α,β-unsaturated/α-hetero) is 1. The van der Waals surface area contributed by atoms with Crippen LogP contribution in [0.1, 0.15) is 33.2 Å². The van der Waals surface area contributed by atoms with Gasteiger partial charge < -0.3 is 14.4 Å². The number of nitrogens with zero attached hydrogens (tertiary/aromatic N) is 1. The average Bonchev–Trinajstić information content (AvgIpc) is 2.73.